The van der Waals surface area contributed by atoms with Gasteiger partial charge in [-0.15, -0.1) is 0 Å². The van der Waals surface area contributed by atoms with E-state index in [1.165, 1.54) is 26.3 Å². The van der Waals surface area contributed by atoms with Crippen LogP contribution >= 0.6 is 0 Å². The number of hydrogen-bond acceptors (Lipinski definition) is 4. The highest BCUT2D eigenvalue weighted by atomic mass is 16.4. The van der Waals surface area contributed by atoms with Crippen molar-refractivity contribution >= 4 is 17.8 Å². The van der Waals surface area contributed by atoms with Gasteiger partial charge in [0.2, 0.25) is 5.91 Å². The lowest BCUT2D eigenvalue weighted by Crippen LogP contribution is -2.46. The molecule has 1 unspecified atom stereocenters. The molecule has 0 aromatic carbocycles. The summed E-state index contributed by atoms with van der Waals surface area (Å²) in [4.78, 5) is 34.7. The quantitative estimate of drug-likeness (QED) is 0.766. The number of nitrogens with one attached hydrogen (secondary N) is 1. The van der Waals surface area contributed by atoms with Crippen molar-refractivity contribution in [1.29, 1.82) is 0 Å². The van der Waals surface area contributed by atoms with Crippen LogP contribution in [0.15, 0.2) is 22.8 Å². The Morgan fingerprint density at radius 3 is 2.67 bits per heavy atom. The van der Waals surface area contributed by atoms with Crippen molar-refractivity contribution in [3.8, 4) is 0 Å². The zero-order valence-corrected chi connectivity index (χ0v) is 10.0. The molecule has 1 heterocycles. The van der Waals surface area contributed by atoms with Crippen LogP contribution in [0.5, 0.6) is 0 Å². The number of nitrogens with zero attached hydrogens (tertiary/aromatic N) is 1. The van der Waals surface area contributed by atoms with Crippen molar-refractivity contribution in [1.82, 2.24) is 10.2 Å². The predicted molar refractivity (Wildman–Crippen MR) is 60.9 cm³/mol. The van der Waals surface area contributed by atoms with E-state index >= 15 is 0 Å². The fourth-order valence-corrected chi connectivity index (χ4v) is 1.35. The minimum Gasteiger partial charge on any atom is -0.480 e. The number of likely N-dealkylation sites (N-methyl/N-ethyl adjacent to an activating group) is 1. The van der Waals surface area contributed by atoms with E-state index in [2.05, 4.69) is 5.32 Å². The van der Waals surface area contributed by atoms with Gasteiger partial charge >= 0.3 is 5.97 Å². The number of rotatable bonds is 5. The van der Waals surface area contributed by atoms with Gasteiger partial charge in [-0.2, -0.15) is 0 Å². The molecule has 0 radical (unpaired) electrons. The Labute approximate surface area is 103 Å². The summed E-state index contributed by atoms with van der Waals surface area (Å²) in [5.41, 5.74) is 0. The van der Waals surface area contributed by atoms with Gasteiger partial charge < -0.3 is 19.7 Å². The largest absolute Gasteiger partial charge is 0.480 e. The second kappa shape index (κ2) is 5.85. The van der Waals surface area contributed by atoms with Crippen LogP contribution in [0.4, 0.5) is 0 Å². The second-order valence-corrected chi connectivity index (χ2v) is 3.76. The number of carboxylic acids is 1. The van der Waals surface area contributed by atoms with Crippen molar-refractivity contribution in [2.75, 3.05) is 13.6 Å². The molecule has 0 spiro atoms. The minimum atomic E-state index is -1.12. The van der Waals surface area contributed by atoms with Crippen molar-refractivity contribution in [2.45, 2.75) is 13.0 Å². The Bertz CT molecular complexity index is 440. The highest BCUT2D eigenvalue weighted by Crippen LogP contribution is 2.01. The van der Waals surface area contributed by atoms with Crippen LogP contribution in [0.2, 0.25) is 0 Å². The maximum absolute atomic E-state index is 11.7. The average molecular weight is 254 g/mol. The molecule has 0 saturated carbocycles. The first-order valence-electron chi connectivity index (χ1n) is 5.23. The lowest BCUT2D eigenvalue weighted by atomic mass is 10.2. The lowest BCUT2D eigenvalue weighted by molar-refractivity contribution is -0.144. The van der Waals surface area contributed by atoms with E-state index in [-0.39, 0.29) is 5.76 Å². The molecule has 0 fully saturated rings. The van der Waals surface area contributed by atoms with E-state index in [0.717, 1.165) is 4.90 Å². The molecule has 0 aliphatic carbocycles. The van der Waals surface area contributed by atoms with Crippen LogP contribution in [-0.4, -0.2) is 47.4 Å². The highest BCUT2D eigenvalue weighted by molar-refractivity contribution is 5.95. The fraction of sp³-hybridized carbons (Fsp3) is 0.364. The number of carbonyl (C=O) groups is 3. The first kappa shape index (κ1) is 13.8. The lowest BCUT2D eigenvalue weighted by Gasteiger charge is -2.19. The Kier molecular flexibility index (Phi) is 4.47. The predicted octanol–water partition coefficient (Wildman–Crippen LogP) is -0.0591. The van der Waals surface area contributed by atoms with Crippen LogP contribution in [0.25, 0.3) is 0 Å². The van der Waals surface area contributed by atoms with Gasteiger partial charge in [0.05, 0.1) is 6.26 Å². The summed E-state index contributed by atoms with van der Waals surface area (Å²) in [7, 11) is 1.35. The molecule has 1 atom stereocenters. The Balaban J connectivity index is 2.54. The molecule has 98 valence electrons. The molecule has 0 saturated heterocycles. The number of aliphatic carboxylic acids is 1. The van der Waals surface area contributed by atoms with Gasteiger partial charge in [-0.25, -0.2) is 0 Å². The first-order valence-corrected chi connectivity index (χ1v) is 5.23. The molecule has 7 nitrogen and oxygen atoms in total. The number of carboxylic acid groups (broad SMARTS) is 1. The molecule has 2 N–H and O–H groups in total. The van der Waals surface area contributed by atoms with Crippen LogP contribution in [0, 0.1) is 0 Å². The number of carbonyl (C=O) groups excluding carboxylic acids is 2. The standard InChI is InChI=1S/C11H14N2O5/c1-7(11(17)13(2)6-9(14)15)12-10(16)8-4-3-5-18-8/h3-5,7H,6H2,1-2H3,(H,12,16)(H,14,15). The van der Waals surface area contributed by atoms with Gasteiger partial charge in [-0.3, -0.25) is 14.4 Å². The second-order valence-electron chi connectivity index (χ2n) is 3.76. The van der Waals surface area contributed by atoms with E-state index in [1.54, 1.807) is 6.07 Å². The molecule has 0 aliphatic rings. The summed E-state index contributed by atoms with van der Waals surface area (Å²) in [6.07, 6.45) is 1.35. The SMILES string of the molecule is CC(NC(=O)c1ccco1)C(=O)N(C)CC(=O)O. The molecule has 0 bridgehead atoms. The normalized spacial score (nSPS) is 11.7. The smallest absolute Gasteiger partial charge is 0.323 e. The summed E-state index contributed by atoms with van der Waals surface area (Å²) >= 11 is 0. The van der Waals surface area contributed by atoms with Crippen LogP contribution < -0.4 is 5.32 Å². The Hall–Kier alpha value is -2.31. The Morgan fingerprint density at radius 1 is 1.50 bits per heavy atom. The number of hydrogen-bond donors (Lipinski definition) is 2. The van der Waals surface area contributed by atoms with Crippen LogP contribution in [0.3, 0.4) is 0 Å². The van der Waals surface area contributed by atoms with E-state index in [4.69, 9.17) is 9.52 Å². The summed E-state index contributed by atoms with van der Waals surface area (Å²) < 4.78 is 4.87. The molecule has 1 aromatic rings. The molecule has 7 heteroatoms. The highest BCUT2D eigenvalue weighted by Gasteiger charge is 2.22. The number of furan rings is 1. The van der Waals surface area contributed by atoms with Gasteiger partial charge in [0, 0.05) is 7.05 Å². The summed E-state index contributed by atoms with van der Waals surface area (Å²) in [5.74, 6) is -2.03. The Morgan fingerprint density at radius 2 is 2.17 bits per heavy atom. The fourth-order valence-electron chi connectivity index (χ4n) is 1.35. The molecular formula is C11H14N2O5. The number of amides is 2. The van der Waals surface area contributed by atoms with Gasteiger partial charge in [-0.1, -0.05) is 0 Å². The van der Waals surface area contributed by atoms with Gasteiger partial charge in [0.25, 0.3) is 5.91 Å². The topological polar surface area (TPSA) is 99.9 Å². The molecule has 1 aromatic heterocycles. The summed E-state index contributed by atoms with van der Waals surface area (Å²) in [6, 6.07) is 2.19. The van der Waals surface area contributed by atoms with Crippen LogP contribution in [-0.2, 0) is 9.59 Å². The minimum absolute atomic E-state index is 0.0931. The maximum Gasteiger partial charge on any atom is 0.323 e. The molecule has 1 rings (SSSR count). The third-order valence-electron chi connectivity index (χ3n) is 2.21. The average Bonchev–Trinajstić information content (AvgIpc) is 2.80. The van der Waals surface area contributed by atoms with Crippen molar-refractivity contribution in [2.24, 2.45) is 0 Å². The van der Waals surface area contributed by atoms with Crippen LogP contribution in [0.1, 0.15) is 17.5 Å². The molecule has 18 heavy (non-hydrogen) atoms. The van der Waals surface area contributed by atoms with Gasteiger partial charge in [-0.05, 0) is 19.1 Å². The van der Waals surface area contributed by atoms with E-state index in [9.17, 15) is 14.4 Å². The zero-order valence-electron chi connectivity index (χ0n) is 10.0. The van der Waals surface area contributed by atoms with E-state index in [0.29, 0.717) is 0 Å². The third kappa shape index (κ3) is 3.62. The first-order chi connectivity index (χ1) is 8.41. The van der Waals surface area contributed by atoms with Gasteiger partial charge in [0.15, 0.2) is 5.76 Å². The van der Waals surface area contributed by atoms with Gasteiger partial charge in [0.1, 0.15) is 12.6 Å². The maximum atomic E-state index is 11.7. The third-order valence-corrected chi connectivity index (χ3v) is 2.21. The van der Waals surface area contributed by atoms with Crippen molar-refractivity contribution in [3.63, 3.8) is 0 Å². The molecule has 2 amide bonds. The zero-order chi connectivity index (χ0) is 13.7. The van der Waals surface area contributed by atoms with E-state index < -0.39 is 30.4 Å². The summed E-state index contributed by atoms with van der Waals surface area (Å²) in [5, 5.41) is 11.0. The van der Waals surface area contributed by atoms with Crippen molar-refractivity contribution < 1.29 is 23.9 Å². The summed E-state index contributed by atoms with van der Waals surface area (Å²) in [6.45, 7) is 1.06. The van der Waals surface area contributed by atoms with Crippen molar-refractivity contribution in [3.05, 3.63) is 24.2 Å². The molecule has 0 aliphatic heterocycles. The molecular weight excluding hydrogens is 240 g/mol. The monoisotopic (exact) mass is 254 g/mol. The van der Waals surface area contributed by atoms with E-state index in [1.807, 2.05) is 0 Å².